The summed E-state index contributed by atoms with van der Waals surface area (Å²) in [7, 11) is 1.75. The number of aromatic hydroxyl groups is 2. The number of phenols is 2. The number of Topliss-reactive ketones (excluding diaryl/α,β-unsaturated/α-hetero) is 7. The molecule has 35 N–H and O–H groups in total. The number of carbonyl (C=O) groups excluding carboxylic acids is 14. The summed E-state index contributed by atoms with van der Waals surface area (Å²) in [6.07, 6.45) is -1.73. The number of nitrogens with two attached hydrogens (primary N) is 8. The monoisotopic (exact) mass is 2030 g/mol. The van der Waals surface area contributed by atoms with Gasteiger partial charge in [0.2, 0.25) is 35.4 Å². The summed E-state index contributed by atoms with van der Waals surface area (Å²) in [4.78, 5) is 228. The summed E-state index contributed by atoms with van der Waals surface area (Å²) in [5, 5.41) is 102. The summed E-state index contributed by atoms with van der Waals surface area (Å²) in [5.41, 5.74) is 47.5. The van der Waals surface area contributed by atoms with Crippen molar-refractivity contribution >= 4 is 150 Å². The van der Waals surface area contributed by atoms with Gasteiger partial charge in [-0.2, -0.15) is 0 Å². The van der Waals surface area contributed by atoms with Crippen LogP contribution in [-0.2, 0) is 86.4 Å². The van der Waals surface area contributed by atoms with E-state index in [-0.39, 0.29) is 185 Å². The lowest BCUT2D eigenvalue weighted by Crippen LogP contribution is -2.50. The number of nitrogens with zero attached hydrogens (tertiary/aromatic N) is 1. The number of guanidine groups is 5. The highest BCUT2D eigenvalue weighted by Crippen LogP contribution is 2.33. The molecule has 0 unspecified atom stereocenters. The van der Waals surface area contributed by atoms with Crippen LogP contribution in [0.2, 0.25) is 0 Å². The Morgan fingerprint density at radius 3 is 1.48 bits per heavy atom. The highest BCUT2D eigenvalue weighted by atomic mass is 33.1. The highest BCUT2D eigenvalue weighted by molar-refractivity contribution is 8.76. The van der Waals surface area contributed by atoms with E-state index in [4.69, 9.17) is 72.9 Å². The number of urea groups is 1. The number of hydrogen-bond acceptors (Lipinski definition) is 26. The zero-order chi connectivity index (χ0) is 105. The van der Waals surface area contributed by atoms with Gasteiger partial charge in [0.05, 0.1) is 54.1 Å². The predicted octanol–water partition coefficient (Wildman–Crippen LogP) is 3.00. The van der Waals surface area contributed by atoms with E-state index in [1.807, 2.05) is 25.1 Å². The number of amides is 8. The molecular weight excluding hydrogens is 1880 g/mol. The average molecular weight is 2030 g/mol. The van der Waals surface area contributed by atoms with E-state index in [0.717, 1.165) is 32.4 Å². The van der Waals surface area contributed by atoms with Crippen LogP contribution in [0.3, 0.4) is 0 Å². The molecule has 6 rings (SSSR count). The van der Waals surface area contributed by atoms with Crippen molar-refractivity contribution < 1.29 is 87.2 Å². The zero-order valence-electron chi connectivity index (χ0n) is 81.6. The Hall–Kier alpha value is -13.0. The number of phenolic OH excluding ortho intramolecular Hbond substituents is 2. The van der Waals surface area contributed by atoms with Gasteiger partial charge in [-0.15, -0.1) is 0 Å². The molecule has 0 spiro atoms. The molecule has 4 aromatic rings. The second-order valence-electron chi connectivity index (χ2n) is 36.8. The van der Waals surface area contributed by atoms with Crippen LogP contribution in [-0.4, -0.2) is 244 Å². The fourth-order valence-electron chi connectivity index (χ4n) is 17.4. The largest absolute Gasteiger partial charge is 0.508 e. The van der Waals surface area contributed by atoms with E-state index in [1.165, 1.54) is 53.4 Å². The third-order valence-corrected chi connectivity index (χ3v) is 27.9. The molecule has 0 saturated carbocycles. The fraction of sp³-hybridized carbons (Fsp3) is 0.571. The van der Waals surface area contributed by atoms with Gasteiger partial charge in [0.15, 0.2) is 64.5 Å². The van der Waals surface area contributed by atoms with Gasteiger partial charge in [-0.1, -0.05) is 115 Å². The Bertz CT molecular complexity index is 4960. The molecule has 2 aliphatic heterocycles. The van der Waals surface area contributed by atoms with E-state index in [0.29, 0.717) is 61.6 Å². The summed E-state index contributed by atoms with van der Waals surface area (Å²) >= 11 is 0. The molecule has 43 nitrogen and oxygen atoms in total. The quantitative estimate of drug-likeness (QED) is 0.0131. The minimum atomic E-state index is -1.67. The van der Waals surface area contributed by atoms with Crippen LogP contribution in [0.5, 0.6) is 11.5 Å². The Balaban J connectivity index is 1.61. The summed E-state index contributed by atoms with van der Waals surface area (Å²) in [5.74, 6) is -23.5. The molecule has 2 aliphatic rings. The third-order valence-electron chi connectivity index (χ3n) is 25.4. The van der Waals surface area contributed by atoms with Crippen LogP contribution in [0.1, 0.15) is 203 Å². The van der Waals surface area contributed by atoms with Crippen molar-refractivity contribution in [1.82, 2.24) is 63.4 Å². The predicted molar refractivity (Wildman–Crippen MR) is 548 cm³/mol. The molecule has 2 saturated heterocycles. The summed E-state index contributed by atoms with van der Waals surface area (Å²) < 4.78 is 0. The number of unbranched alkanes of at least 4 members (excludes halogenated alkanes) is 3. The molecule has 2 fully saturated rings. The molecule has 8 amide bonds. The summed E-state index contributed by atoms with van der Waals surface area (Å²) in [6.45, 7) is 2.37. The van der Waals surface area contributed by atoms with Crippen molar-refractivity contribution in [1.29, 1.82) is 27.0 Å². The van der Waals surface area contributed by atoms with E-state index >= 15 is 57.5 Å². The first kappa shape index (κ1) is 119. The van der Waals surface area contributed by atoms with E-state index in [2.05, 4.69) is 58.5 Å². The Kier molecular flexibility index (Phi) is 52.9. The zero-order valence-corrected chi connectivity index (χ0v) is 83.2. The number of carboxylic acids is 1. The third kappa shape index (κ3) is 44.6. The van der Waals surface area contributed by atoms with Crippen LogP contribution >= 0.6 is 21.6 Å². The van der Waals surface area contributed by atoms with Crippen molar-refractivity contribution in [3.05, 3.63) is 108 Å². The van der Waals surface area contributed by atoms with Gasteiger partial charge in [-0.05, 0) is 193 Å². The van der Waals surface area contributed by atoms with Crippen molar-refractivity contribution in [3.8, 4) is 11.5 Å². The van der Waals surface area contributed by atoms with Crippen LogP contribution < -0.4 is 104 Å². The lowest BCUT2D eigenvalue weighted by molar-refractivity contribution is -0.144. The van der Waals surface area contributed by atoms with E-state index in [1.54, 1.807) is 24.3 Å². The molecular formula is C98H149N25O18S2. The number of carbonyl (C=O) groups is 15. The Morgan fingerprint density at radius 1 is 0.469 bits per heavy atom. The summed E-state index contributed by atoms with van der Waals surface area (Å²) in [6, 6.07) is 13.4. The van der Waals surface area contributed by atoms with Gasteiger partial charge in [0.1, 0.15) is 17.3 Å². The van der Waals surface area contributed by atoms with Crippen LogP contribution in [0, 0.1) is 68.5 Å². The molecule has 0 aromatic heterocycles. The number of fused-ring (bicyclic) bond motifs is 2. The van der Waals surface area contributed by atoms with Gasteiger partial charge < -0.3 is 125 Å². The van der Waals surface area contributed by atoms with Gasteiger partial charge in [-0.25, -0.2) is 4.79 Å². The van der Waals surface area contributed by atoms with Crippen LogP contribution in [0.4, 0.5) is 4.79 Å². The molecule has 0 bridgehead atoms. The normalized spacial score (nSPS) is 20.5. The highest BCUT2D eigenvalue weighted by Gasteiger charge is 2.43. The topological polar surface area (TPSA) is 780 Å². The van der Waals surface area contributed by atoms with Crippen molar-refractivity contribution in [2.75, 3.05) is 63.9 Å². The minimum absolute atomic E-state index is 0.00993. The molecule has 786 valence electrons. The van der Waals surface area contributed by atoms with Crippen molar-refractivity contribution in [2.24, 2.45) is 87.3 Å². The first-order valence-corrected chi connectivity index (χ1v) is 51.6. The van der Waals surface area contributed by atoms with Crippen LogP contribution in [0.15, 0.2) is 91.0 Å². The number of rotatable bonds is 50. The number of primary amides is 1. The lowest BCUT2D eigenvalue weighted by Gasteiger charge is -2.30. The molecule has 0 aliphatic carbocycles. The Morgan fingerprint density at radius 2 is 0.923 bits per heavy atom. The molecule has 143 heavy (non-hydrogen) atoms. The number of aliphatic carboxylic acids is 1. The van der Waals surface area contributed by atoms with Gasteiger partial charge in [0, 0.05) is 132 Å². The molecule has 0 radical (unpaired) electrons. The number of hydrogen-bond donors (Lipinski definition) is 27. The van der Waals surface area contributed by atoms with Gasteiger partial charge in [-0.3, -0.25) is 94.2 Å². The van der Waals surface area contributed by atoms with Crippen LogP contribution in [0.25, 0.3) is 10.8 Å². The number of nitrogens with one attached hydrogen (secondary N) is 16. The fourth-order valence-corrected chi connectivity index (χ4v) is 20.0. The molecule has 4 aromatic carbocycles. The molecule has 45 heteroatoms. The minimum Gasteiger partial charge on any atom is -0.508 e. The number of carboxylic acid groups (broad SMARTS) is 1. The second-order valence-corrected chi connectivity index (χ2v) is 39.4. The Labute approximate surface area is 841 Å². The lowest BCUT2D eigenvalue weighted by atomic mass is 9.87. The first-order chi connectivity index (χ1) is 68.2. The SMILES string of the molecule is CCCCC[C@H]1CC(=O)[C@H](CCCCN)NC(=O)[C@H](CCCNC(=N)N)CC(=O)[C@H](Cc2ccc(O)cc2)NC(=O)[C@@H](CC(=O)[C@H](Cc2ccc3ccccc3c2)NC(=O)[C@H](CCCNC(=N)N)CC(=O)[C@@H](N)CCCNC(=N)N)CSSC[C@@H](C(=O)C[C@@H](CCCNC(=N)N)C(=O)O)NC(=O)[C@H](CCCNC(N)=O)CC(=O)[C@H](CCCNC(=N)N)NC(=O)[C@H](Cc2ccc(O)cc2)CC(=O)[C@@H]2CCCN2C1=O. The first-order valence-electron chi connectivity index (χ1n) is 49.1. The number of benzene rings is 4. The van der Waals surface area contributed by atoms with E-state index < -0.39 is 246 Å². The second kappa shape index (κ2) is 63.8. The van der Waals surface area contributed by atoms with Gasteiger partial charge in [0.25, 0.3) is 0 Å². The van der Waals surface area contributed by atoms with E-state index in [9.17, 15) is 29.7 Å². The molecule has 2 heterocycles. The van der Waals surface area contributed by atoms with Crippen molar-refractivity contribution in [2.45, 2.75) is 248 Å². The molecule has 14 atom stereocenters. The van der Waals surface area contributed by atoms with Crippen molar-refractivity contribution in [3.63, 3.8) is 0 Å². The maximum Gasteiger partial charge on any atom is 0.312 e. The smallest absolute Gasteiger partial charge is 0.312 e. The average Bonchev–Trinajstić information content (AvgIpc) is 1.69. The standard InChI is InChI=1S/C98H149N25O18S2/c1-2-3-4-18-66-52-81(128)73(24-7-8-37-99)118-86(133)65(20-10-39-113-94(103)104)51-82(129)75(47-59-30-35-71(125)36-31-59)121-90(137)69(55-83(130)76(48-60-27-32-61-16-5-6-17-62(61)46-60)120-87(134)63(19-9-38-112-93(101)102)49-79(126)72(100)23-13-41-115-96(107)108)56-142-143-57-77(84(131)53-67(92(139)140)22-12-40-114-95(105)106)122-88(135)64(21-11-43-117-98(111)141)50-80(127)74(25-14-42-116-97(109)110)119-89(136)68(45-58-28-33-70(124)34-29-58)54-85(132)78-26-15-44-123(78)91(66)138/h5-6,16-17,27-36,46,63-69,72-78,124-125H,2-4,7-15,18-26,37-45,47-57,99-100H2,1H3,(H,118,133)(H,119,136)(H,120,134)(H,121,137)(H,122,135)(H,139,140)(H4,101,102,112)(H4,103,104,113)(H4,105,106,114)(H4,107,108,115)(H4,109,110,116)(H3,111,117,141)/t63-,64-,65-,66+,67-,68-,69+,72+,73+,74+,75+,76+,77+,78+/m1/s1. The maximum atomic E-state index is 16.2. The van der Waals surface area contributed by atoms with Gasteiger partial charge >= 0.3 is 12.0 Å². The number of ketones is 7. The maximum absolute atomic E-state index is 16.2.